The molecule has 0 aliphatic rings. The van der Waals surface area contributed by atoms with Gasteiger partial charge in [-0.25, -0.2) is 4.79 Å². The van der Waals surface area contributed by atoms with Crippen molar-refractivity contribution >= 4 is 5.97 Å². The third kappa shape index (κ3) is 2.60. The second-order valence-electron chi connectivity index (χ2n) is 5.04. The second kappa shape index (κ2) is 4.55. The number of ether oxygens (including phenoxy) is 1. The fraction of sp³-hybridized carbons (Fsp3) is 0.462. The maximum atomic E-state index is 13.6. The monoisotopic (exact) mass is 258 g/mol. The van der Waals surface area contributed by atoms with Gasteiger partial charge in [0, 0.05) is 0 Å². The summed E-state index contributed by atoms with van der Waals surface area (Å²) in [6.07, 6.45) is 0. The standard InChI is InChI=1S/C13H16F2O3/c1-12(2,3)8-5-6-10(18-4)9(7-8)13(14,15)11(16)17/h5-7H,1-4H3,(H,16,17). The quantitative estimate of drug-likeness (QED) is 0.905. The first-order chi connectivity index (χ1) is 8.10. The maximum absolute atomic E-state index is 13.6. The lowest BCUT2D eigenvalue weighted by atomic mass is 9.85. The Morgan fingerprint density at radius 3 is 2.22 bits per heavy atom. The van der Waals surface area contributed by atoms with Crippen molar-refractivity contribution in [2.45, 2.75) is 32.1 Å². The van der Waals surface area contributed by atoms with E-state index in [-0.39, 0.29) is 11.2 Å². The lowest BCUT2D eigenvalue weighted by molar-refractivity contribution is -0.166. The number of rotatable bonds is 3. The van der Waals surface area contributed by atoms with Crippen molar-refractivity contribution < 1.29 is 23.4 Å². The topological polar surface area (TPSA) is 46.5 Å². The molecular formula is C13H16F2O3. The smallest absolute Gasteiger partial charge is 0.379 e. The Bertz CT molecular complexity index is 462. The number of alkyl halides is 2. The molecule has 0 aliphatic carbocycles. The van der Waals surface area contributed by atoms with Crippen LogP contribution in [-0.4, -0.2) is 18.2 Å². The van der Waals surface area contributed by atoms with Gasteiger partial charge in [-0.05, 0) is 23.1 Å². The van der Waals surface area contributed by atoms with E-state index in [1.165, 1.54) is 19.2 Å². The van der Waals surface area contributed by atoms with Crippen molar-refractivity contribution in [3.05, 3.63) is 29.3 Å². The number of carbonyl (C=O) groups is 1. The molecule has 0 spiro atoms. The molecule has 0 unspecified atom stereocenters. The predicted molar refractivity (Wildman–Crippen MR) is 63.2 cm³/mol. The van der Waals surface area contributed by atoms with E-state index >= 15 is 0 Å². The number of methoxy groups -OCH3 is 1. The average Bonchev–Trinajstić information content (AvgIpc) is 2.26. The normalized spacial score (nSPS) is 12.3. The molecule has 100 valence electrons. The summed E-state index contributed by atoms with van der Waals surface area (Å²) in [7, 11) is 1.23. The van der Waals surface area contributed by atoms with E-state index in [4.69, 9.17) is 9.84 Å². The van der Waals surface area contributed by atoms with Crippen molar-refractivity contribution in [1.82, 2.24) is 0 Å². The molecule has 1 aromatic rings. The third-order valence-electron chi connectivity index (χ3n) is 2.67. The molecule has 0 fully saturated rings. The van der Waals surface area contributed by atoms with Gasteiger partial charge in [-0.1, -0.05) is 26.8 Å². The number of benzene rings is 1. The highest BCUT2D eigenvalue weighted by Crippen LogP contribution is 2.38. The van der Waals surface area contributed by atoms with Crippen molar-refractivity contribution in [3.8, 4) is 5.75 Å². The summed E-state index contributed by atoms with van der Waals surface area (Å²) in [6.45, 7) is 5.58. The number of aliphatic carboxylic acids is 1. The van der Waals surface area contributed by atoms with Crippen molar-refractivity contribution in [2.75, 3.05) is 7.11 Å². The highest BCUT2D eigenvalue weighted by molar-refractivity contribution is 5.78. The van der Waals surface area contributed by atoms with E-state index < -0.39 is 17.5 Å². The highest BCUT2D eigenvalue weighted by atomic mass is 19.3. The molecule has 0 heterocycles. The first-order valence-corrected chi connectivity index (χ1v) is 5.41. The Balaban J connectivity index is 3.45. The molecule has 3 nitrogen and oxygen atoms in total. The summed E-state index contributed by atoms with van der Waals surface area (Å²) >= 11 is 0. The first-order valence-electron chi connectivity index (χ1n) is 5.41. The summed E-state index contributed by atoms with van der Waals surface area (Å²) in [5.41, 5.74) is -0.348. The first kappa shape index (κ1) is 14.4. The Morgan fingerprint density at radius 1 is 1.28 bits per heavy atom. The third-order valence-corrected chi connectivity index (χ3v) is 2.67. The van der Waals surface area contributed by atoms with Gasteiger partial charge in [0.1, 0.15) is 5.75 Å². The van der Waals surface area contributed by atoms with Crippen LogP contribution in [0, 0.1) is 0 Å². The van der Waals surface area contributed by atoms with Gasteiger partial charge in [0.15, 0.2) is 0 Å². The molecule has 0 saturated carbocycles. The molecule has 5 heteroatoms. The minimum absolute atomic E-state index is 0.129. The van der Waals surface area contributed by atoms with Gasteiger partial charge in [-0.2, -0.15) is 8.78 Å². The Kier molecular flexibility index (Phi) is 3.64. The van der Waals surface area contributed by atoms with Gasteiger partial charge in [0.2, 0.25) is 0 Å². The summed E-state index contributed by atoms with van der Waals surface area (Å²) < 4.78 is 32.0. The van der Waals surface area contributed by atoms with Gasteiger partial charge in [-0.15, -0.1) is 0 Å². The number of halogens is 2. The molecule has 0 aliphatic heterocycles. The van der Waals surface area contributed by atoms with Crippen LogP contribution in [0.2, 0.25) is 0 Å². The van der Waals surface area contributed by atoms with Gasteiger partial charge >= 0.3 is 11.9 Å². The zero-order valence-corrected chi connectivity index (χ0v) is 10.8. The van der Waals surface area contributed by atoms with Crippen LogP contribution in [0.4, 0.5) is 8.78 Å². The van der Waals surface area contributed by atoms with Gasteiger partial charge in [0.25, 0.3) is 0 Å². The molecule has 0 bridgehead atoms. The van der Waals surface area contributed by atoms with Crippen LogP contribution in [0.3, 0.4) is 0 Å². The minimum Gasteiger partial charge on any atom is -0.496 e. The Hall–Kier alpha value is -1.65. The van der Waals surface area contributed by atoms with Crippen molar-refractivity contribution in [2.24, 2.45) is 0 Å². The molecule has 1 rings (SSSR count). The number of carboxylic acids is 1. The minimum atomic E-state index is -3.97. The van der Waals surface area contributed by atoms with E-state index in [1.807, 2.05) is 20.8 Å². The maximum Gasteiger partial charge on any atom is 0.379 e. The van der Waals surface area contributed by atoms with Crippen LogP contribution in [0.1, 0.15) is 31.9 Å². The van der Waals surface area contributed by atoms with Crippen LogP contribution < -0.4 is 4.74 Å². The van der Waals surface area contributed by atoms with Crippen LogP contribution >= 0.6 is 0 Å². The fourth-order valence-corrected chi connectivity index (χ4v) is 1.54. The molecule has 1 aromatic carbocycles. The second-order valence-corrected chi connectivity index (χ2v) is 5.04. The van der Waals surface area contributed by atoms with Gasteiger partial charge in [-0.3, -0.25) is 0 Å². The molecule has 0 amide bonds. The molecule has 0 atom stereocenters. The molecule has 18 heavy (non-hydrogen) atoms. The summed E-state index contributed by atoms with van der Waals surface area (Å²) in [5.74, 6) is -6.28. The number of carboxylic acid groups (broad SMARTS) is 1. The van der Waals surface area contributed by atoms with Crippen LogP contribution in [0.5, 0.6) is 5.75 Å². The summed E-state index contributed by atoms with van der Waals surface area (Å²) in [6, 6.07) is 4.21. The number of hydrogen-bond acceptors (Lipinski definition) is 2. The molecule has 0 radical (unpaired) electrons. The van der Waals surface area contributed by atoms with E-state index in [0.29, 0.717) is 5.56 Å². The average molecular weight is 258 g/mol. The molecular weight excluding hydrogens is 242 g/mol. The van der Waals surface area contributed by atoms with E-state index in [1.54, 1.807) is 6.07 Å². The van der Waals surface area contributed by atoms with Crippen LogP contribution in [-0.2, 0) is 16.1 Å². The van der Waals surface area contributed by atoms with E-state index in [2.05, 4.69) is 0 Å². The zero-order chi connectivity index (χ0) is 14.1. The summed E-state index contributed by atoms with van der Waals surface area (Å²) in [5, 5.41) is 8.60. The molecule has 0 aromatic heterocycles. The van der Waals surface area contributed by atoms with Gasteiger partial charge in [0.05, 0.1) is 12.7 Å². The van der Waals surface area contributed by atoms with Gasteiger partial charge < -0.3 is 9.84 Å². The zero-order valence-electron chi connectivity index (χ0n) is 10.8. The largest absolute Gasteiger partial charge is 0.496 e. The fourth-order valence-electron chi connectivity index (χ4n) is 1.54. The van der Waals surface area contributed by atoms with Crippen LogP contribution in [0.15, 0.2) is 18.2 Å². The highest BCUT2D eigenvalue weighted by Gasteiger charge is 2.44. The lowest BCUT2D eigenvalue weighted by Crippen LogP contribution is -2.26. The Labute approximate surface area is 104 Å². The van der Waals surface area contributed by atoms with Crippen molar-refractivity contribution in [3.63, 3.8) is 0 Å². The van der Waals surface area contributed by atoms with E-state index in [0.717, 1.165) is 0 Å². The number of hydrogen-bond donors (Lipinski definition) is 1. The SMILES string of the molecule is COc1ccc(C(C)(C)C)cc1C(F)(F)C(=O)O. The molecule has 1 N–H and O–H groups in total. The van der Waals surface area contributed by atoms with Crippen LogP contribution in [0.25, 0.3) is 0 Å². The van der Waals surface area contributed by atoms with Crippen molar-refractivity contribution in [1.29, 1.82) is 0 Å². The molecule has 0 saturated heterocycles. The lowest BCUT2D eigenvalue weighted by Gasteiger charge is -2.22. The Morgan fingerprint density at radius 2 is 1.83 bits per heavy atom. The summed E-state index contributed by atoms with van der Waals surface area (Å²) in [4.78, 5) is 10.6. The predicted octanol–water partition coefficient (Wildman–Crippen LogP) is 3.17. The van der Waals surface area contributed by atoms with E-state index in [9.17, 15) is 13.6 Å².